The minimum absolute atomic E-state index is 0.00569. The number of nitrogens with zero attached hydrogens (tertiary/aromatic N) is 4. The Balaban J connectivity index is 1.42. The van der Waals surface area contributed by atoms with Crippen molar-refractivity contribution >= 4 is 34.6 Å². The molecule has 7 nitrogen and oxygen atoms in total. The van der Waals surface area contributed by atoms with E-state index in [-0.39, 0.29) is 11.9 Å². The molecule has 4 aromatic rings. The molecule has 1 fully saturated rings. The molecule has 1 aliphatic heterocycles. The first-order valence-electron chi connectivity index (χ1n) is 11.5. The van der Waals surface area contributed by atoms with Crippen molar-refractivity contribution in [2.24, 2.45) is 5.92 Å². The van der Waals surface area contributed by atoms with Crippen molar-refractivity contribution in [1.29, 1.82) is 0 Å². The first kappa shape index (κ1) is 22.3. The normalized spacial score (nSPS) is 18.3. The van der Waals surface area contributed by atoms with Crippen LogP contribution >= 0.6 is 11.6 Å². The minimum atomic E-state index is -0.00935. The molecule has 0 aliphatic carbocycles. The number of rotatable bonds is 5. The van der Waals surface area contributed by atoms with Crippen molar-refractivity contribution < 1.29 is 9.21 Å². The second kappa shape index (κ2) is 9.43. The topological polar surface area (TPSA) is 84.2 Å². The average molecular weight is 476 g/mol. The van der Waals surface area contributed by atoms with E-state index in [0.29, 0.717) is 47.0 Å². The summed E-state index contributed by atoms with van der Waals surface area (Å²) in [6.07, 6.45) is 5.42. The van der Waals surface area contributed by atoms with Gasteiger partial charge in [-0.25, -0.2) is 9.97 Å². The van der Waals surface area contributed by atoms with Crippen LogP contribution < -0.4 is 5.32 Å². The molecule has 5 rings (SSSR count). The van der Waals surface area contributed by atoms with Crippen LogP contribution in [0, 0.1) is 12.8 Å². The van der Waals surface area contributed by atoms with Gasteiger partial charge in [0.25, 0.3) is 11.9 Å². The number of anilines is 1. The zero-order valence-corrected chi connectivity index (χ0v) is 19.9. The maximum absolute atomic E-state index is 13.9. The van der Waals surface area contributed by atoms with Crippen LogP contribution in [0.3, 0.4) is 0 Å². The molecule has 0 radical (unpaired) electrons. The number of aryl methyl sites for hydroxylation is 1. The average Bonchev–Trinajstić information content (AvgIpc) is 3.25. The molecule has 3 heterocycles. The molecule has 1 amide bonds. The van der Waals surface area contributed by atoms with Gasteiger partial charge in [0.1, 0.15) is 5.52 Å². The number of piperidine rings is 1. The molecular weight excluding hydrogens is 450 g/mol. The molecule has 174 valence electrons. The van der Waals surface area contributed by atoms with E-state index in [1.54, 1.807) is 30.6 Å². The molecule has 1 N–H and O–H groups in total. The Morgan fingerprint density at radius 2 is 2.03 bits per heavy atom. The van der Waals surface area contributed by atoms with Gasteiger partial charge < -0.3 is 14.6 Å². The molecule has 0 saturated carbocycles. The predicted molar refractivity (Wildman–Crippen MR) is 133 cm³/mol. The SMILES string of the molecule is Cc1cccc(C(=O)N2CCC[C@@H](C)[C@H]2CNc2nc3ccc(Cl)cc3o2)c1-c1ncccn1. The third-order valence-corrected chi connectivity index (χ3v) is 6.72. The summed E-state index contributed by atoms with van der Waals surface area (Å²) in [5.41, 5.74) is 3.76. The smallest absolute Gasteiger partial charge is 0.295 e. The summed E-state index contributed by atoms with van der Waals surface area (Å²) >= 11 is 6.06. The van der Waals surface area contributed by atoms with Crippen molar-refractivity contribution in [3.63, 3.8) is 0 Å². The van der Waals surface area contributed by atoms with Gasteiger partial charge >= 0.3 is 0 Å². The number of oxazole rings is 1. The molecule has 2 aromatic heterocycles. The zero-order chi connectivity index (χ0) is 23.7. The number of benzene rings is 2. The van der Waals surface area contributed by atoms with E-state index in [2.05, 4.69) is 27.2 Å². The molecule has 2 aromatic carbocycles. The largest absolute Gasteiger partial charge is 0.424 e. The van der Waals surface area contributed by atoms with E-state index in [4.69, 9.17) is 16.0 Å². The van der Waals surface area contributed by atoms with E-state index in [1.807, 2.05) is 36.1 Å². The van der Waals surface area contributed by atoms with Crippen molar-refractivity contribution in [3.8, 4) is 11.4 Å². The Labute approximate surface area is 203 Å². The highest BCUT2D eigenvalue weighted by atomic mass is 35.5. The summed E-state index contributed by atoms with van der Waals surface area (Å²) in [6.45, 7) is 5.41. The summed E-state index contributed by atoms with van der Waals surface area (Å²) < 4.78 is 5.82. The Bertz CT molecular complexity index is 1320. The van der Waals surface area contributed by atoms with Gasteiger partial charge in [0, 0.05) is 42.1 Å². The number of nitrogens with one attached hydrogen (secondary N) is 1. The van der Waals surface area contributed by atoms with Gasteiger partial charge in [-0.2, -0.15) is 4.98 Å². The van der Waals surface area contributed by atoms with E-state index < -0.39 is 0 Å². The number of fused-ring (bicyclic) bond motifs is 1. The highest BCUT2D eigenvalue weighted by molar-refractivity contribution is 6.31. The summed E-state index contributed by atoms with van der Waals surface area (Å²) in [5, 5.41) is 3.91. The quantitative estimate of drug-likeness (QED) is 0.404. The lowest BCUT2D eigenvalue weighted by atomic mass is 9.89. The van der Waals surface area contributed by atoms with Gasteiger partial charge in [-0.3, -0.25) is 4.79 Å². The van der Waals surface area contributed by atoms with Crippen molar-refractivity contribution in [2.75, 3.05) is 18.4 Å². The summed E-state index contributed by atoms with van der Waals surface area (Å²) in [6, 6.07) is 13.3. The van der Waals surface area contributed by atoms with Gasteiger partial charge in [0.05, 0.1) is 11.6 Å². The van der Waals surface area contributed by atoms with E-state index in [0.717, 1.165) is 29.5 Å². The van der Waals surface area contributed by atoms with Crippen LogP contribution in [0.4, 0.5) is 6.01 Å². The zero-order valence-electron chi connectivity index (χ0n) is 19.2. The fourth-order valence-electron chi connectivity index (χ4n) is 4.70. The monoisotopic (exact) mass is 475 g/mol. The Hall–Kier alpha value is -3.45. The van der Waals surface area contributed by atoms with E-state index in [1.165, 1.54) is 0 Å². The van der Waals surface area contributed by atoms with E-state index >= 15 is 0 Å². The van der Waals surface area contributed by atoms with Crippen molar-refractivity contribution in [1.82, 2.24) is 19.9 Å². The third-order valence-electron chi connectivity index (χ3n) is 6.48. The lowest BCUT2D eigenvalue weighted by Gasteiger charge is -2.40. The minimum Gasteiger partial charge on any atom is -0.424 e. The first-order valence-corrected chi connectivity index (χ1v) is 11.9. The number of hydrogen-bond acceptors (Lipinski definition) is 6. The predicted octanol–water partition coefficient (Wildman–Crippen LogP) is 5.60. The molecule has 1 saturated heterocycles. The lowest BCUT2D eigenvalue weighted by Crippen LogP contribution is -2.51. The van der Waals surface area contributed by atoms with Gasteiger partial charge in [0.15, 0.2) is 11.4 Å². The molecule has 2 atom stereocenters. The molecule has 0 unspecified atom stereocenters. The third kappa shape index (κ3) is 4.35. The Morgan fingerprint density at radius 3 is 2.85 bits per heavy atom. The number of carbonyl (C=O) groups is 1. The number of likely N-dealkylation sites (tertiary alicyclic amines) is 1. The Morgan fingerprint density at radius 1 is 1.21 bits per heavy atom. The molecule has 0 bridgehead atoms. The summed E-state index contributed by atoms with van der Waals surface area (Å²) in [7, 11) is 0. The summed E-state index contributed by atoms with van der Waals surface area (Å²) in [5.74, 6) is 0.882. The first-order chi connectivity index (χ1) is 16.5. The van der Waals surface area contributed by atoms with Gasteiger partial charge in [-0.05, 0) is 55.5 Å². The molecular formula is C26H26ClN5O2. The van der Waals surface area contributed by atoms with Crippen molar-refractivity contribution in [3.05, 3.63) is 71.0 Å². The molecule has 1 aliphatic rings. The highest BCUT2D eigenvalue weighted by Crippen LogP contribution is 2.30. The van der Waals surface area contributed by atoms with Gasteiger partial charge in [-0.1, -0.05) is 30.7 Å². The fraction of sp³-hybridized carbons (Fsp3) is 0.308. The fourth-order valence-corrected chi connectivity index (χ4v) is 4.87. The standard InChI is InChI=1S/C26H26ClN5O2/c1-16-7-4-13-32(21(16)15-30-26-31-20-10-9-18(27)14-22(20)34-26)25(33)19-8-3-6-17(2)23(19)24-28-11-5-12-29-24/h3,5-6,8-12,14,16,21H,4,7,13,15H2,1-2H3,(H,30,31)/t16-,21-/m1/s1. The highest BCUT2D eigenvalue weighted by Gasteiger charge is 2.34. The van der Waals surface area contributed by atoms with Crippen LogP contribution in [0.2, 0.25) is 5.02 Å². The van der Waals surface area contributed by atoms with Crippen LogP contribution in [0.5, 0.6) is 0 Å². The Kier molecular flexibility index (Phi) is 6.20. The van der Waals surface area contributed by atoms with Crippen LogP contribution in [0.25, 0.3) is 22.5 Å². The van der Waals surface area contributed by atoms with Gasteiger partial charge in [-0.15, -0.1) is 0 Å². The molecule has 34 heavy (non-hydrogen) atoms. The van der Waals surface area contributed by atoms with Crippen LogP contribution in [-0.2, 0) is 0 Å². The summed E-state index contributed by atoms with van der Waals surface area (Å²) in [4.78, 5) is 29.2. The van der Waals surface area contributed by atoms with E-state index in [9.17, 15) is 4.79 Å². The van der Waals surface area contributed by atoms with Crippen LogP contribution in [0.1, 0.15) is 35.7 Å². The maximum Gasteiger partial charge on any atom is 0.295 e. The maximum atomic E-state index is 13.9. The van der Waals surface area contributed by atoms with Crippen LogP contribution in [0.15, 0.2) is 59.3 Å². The molecule has 8 heteroatoms. The number of amides is 1. The van der Waals surface area contributed by atoms with Crippen LogP contribution in [-0.4, -0.2) is 44.9 Å². The number of hydrogen-bond donors (Lipinski definition) is 1. The second-order valence-corrected chi connectivity index (χ2v) is 9.20. The number of aromatic nitrogens is 3. The number of carbonyl (C=O) groups excluding carboxylic acids is 1. The molecule has 0 spiro atoms. The number of halogens is 1. The second-order valence-electron chi connectivity index (χ2n) is 8.77. The van der Waals surface area contributed by atoms with Gasteiger partial charge in [0.2, 0.25) is 0 Å². The van der Waals surface area contributed by atoms with Crippen molar-refractivity contribution in [2.45, 2.75) is 32.7 Å². The lowest BCUT2D eigenvalue weighted by molar-refractivity contribution is 0.0540.